The number of benzene rings is 2. The van der Waals surface area contributed by atoms with Crippen LogP contribution in [0.3, 0.4) is 0 Å². The number of esters is 1. The van der Waals surface area contributed by atoms with Crippen LogP contribution in [-0.2, 0) is 9.53 Å². The minimum Gasteiger partial charge on any atom is -0.449 e. The van der Waals surface area contributed by atoms with Crippen LogP contribution in [-0.4, -0.2) is 18.0 Å². The number of carbonyl (C=O) groups excluding carboxylic acids is 2. The summed E-state index contributed by atoms with van der Waals surface area (Å²) in [6.45, 7) is 3.39. The molecule has 0 heterocycles. The molecule has 2 aromatic carbocycles. The van der Waals surface area contributed by atoms with Gasteiger partial charge in [-0.25, -0.2) is 4.79 Å². The van der Waals surface area contributed by atoms with Crippen molar-refractivity contribution in [2.75, 3.05) is 5.32 Å². The molecule has 6 heteroatoms. The van der Waals surface area contributed by atoms with Crippen molar-refractivity contribution >= 4 is 45.1 Å². The van der Waals surface area contributed by atoms with Crippen LogP contribution in [0.4, 0.5) is 5.69 Å². The van der Waals surface area contributed by atoms with E-state index < -0.39 is 18.0 Å². The molecule has 0 spiro atoms. The Hall–Kier alpha value is -1.85. The lowest BCUT2D eigenvalue weighted by molar-refractivity contribution is -0.123. The number of amides is 1. The van der Waals surface area contributed by atoms with E-state index >= 15 is 0 Å². The molecule has 0 aliphatic carbocycles. The Labute approximate surface area is 147 Å². The monoisotopic (exact) mass is 395 g/mol. The molecule has 0 aliphatic heterocycles. The summed E-state index contributed by atoms with van der Waals surface area (Å²) in [5.74, 6) is -0.975. The van der Waals surface area contributed by atoms with Crippen LogP contribution < -0.4 is 5.32 Å². The van der Waals surface area contributed by atoms with Gasteiger partial charge in [0.25, 0.3) is 5.91 Å². The van der Waals surface area contributed by atoms with Gasteiger partial charge in [-0.05, 0) is 55.8 Å². The third-order valence-corrected chi connectivity index (χ3v) is 4.11. The number of ether oxygens (including phenoxy) is 1. The molecule has 0 fully saturated rings. The predicted octanol–water partition coefficient (Wildman–Crippen LogP) is 4.59. The zero-order chi connectivity index (χ0) is 17.0. The van der Waals surface area contributed by atoms with Gasteiger partial charge in [0.2, 0.25) is 0 Å². The van der Waals surface area contributed by atoms with E-state index in [1.165, 1.54) is 6.92 Å². The minimum atomic E-state index is -0.925. The van der Waals surface area contributed by atoms with E-state index in [9.17, 15) is 9.59 Å². The van der Waals surface area contributed by atoms with E-state index in [0.29, 0.717) is 16.3 Å². The second kappa shape index (κ2) is 7.62. The Kier molecular flexibility index (Phi) is 5.80. The van der Waals surface area contributed by atoms with E-state index in [0.717, 1.165) is 10.0 Å². The lowest BCUT2D eigenvalue weighted by Gasteiger charge is -2.14. The van der Waals surface area contributed by atoms with Gasteiger partial charge in [-0.2, -0.15) is 0 Å². The van der Waals surface area contributed by atoms with E-state index in [1.54, 1.807) is 42.5 Å². The quantitative estimate of drug-likeness (QED) is 0.769. The van der Waals surface area contributed by atoms with Gasteiger partial charge in [0, 0.05) is 15.2 Å². The first kappa shape index (κ1) is 17.5. The largest absolute Gasteiger partial charge is 0.449 e. The van der Waals surface area contributed by atoms with E-state index in [-0.39, 0.29) is 0 Å². The first-order chi connectivity index (χ1) is 10.9. The fourth-order valence-corrected chi connectivity index (χ4v) is 2.23. The summed E-state index contributed by atoms with van der Waals surface area (Å²) in [4.78, 5) is 24.1. The van der Waals surface area contributed by atoms with Crippen molar-refractivity contribution in [2.24, 2.45) is 0 Å². The molecule has 0 aromatic heterocycles. The summed E-state index contributed by atoms with van der Waals surface area (Å²) in [7, 11) is 0. The minimum absolute atomic E-state index is 0.381. The second-order valence-corrected chi connectivity index (χ2v) is 6.33. The lowest BCUT2D eigenvalue weighted by Crippen LogP contribution is -2.30. The number of nitrogens with one attached hydrogen (secondary N) is 1. The van der Waals surface area contributed by atoms with E-state index in [4.69, 9.17) is 16.3 Å². The molecule has 23 heavy (non-hydrogen) atoms. The zero-order valence-corrected chi connectivity index (χ0v) is 14.9. The topological polar surface area (TPSA) is 55.4 Å². The molecule has 1 unspecified atom stereocenters. The van der Waals surface area contributed by atoms with Crippen molar-refractivity contribution in [2.45, 2.75) is 20.0 Å². The van der Waals surface area contributed by atoms with Crippen molar-refractivity contribution in [1.29, 1.82) is 0 Å². The summed E-state index contributed by atoms with van der Waals surface area (Å²) >= 11 is 9.30. The first-order valence-electron chi connectivity index (χ1n) is 6.90. The van der Waals surface area contributed by atoms with Gasteiger partial charge in [0.15, 0.2) is 6.10 Å². The standard InChI is InChI=1S/C17H15BrClNO3/c1-10-3-8-14(9-15(10)19)20-16(21)11(2)23-17(22)12-4-6-13(18)7-5-12/h3-9,11H,1-2H3,(H,20,21). The first-order valence-corrected chi connectivity index (χ1v) is 8.07. The van der Waals surface area contributed by atoms with Crippen molar-refractivity contribution < 1.29 is 14.3 Å². The second-order valence-electron chi connectivity index (χ2n) is 5.01. The zero-order valence-electron chi connectivity index (χ0n) is 12.6. The van der Waals surface area contributed by atoms with Crippen molar-refractivity contribution in [3.63, 3.8) is 0 Å². The van der Waals surface area contributed by atoms with Gasteiger partial charge < -0.3 is 10.1 Å². The van der Waals surface area contributed by atoms with E-state index in [2.05, 4.69) is 21.2 Å². The molecule has 1 N–H and O–H groups in total. The number of carbonyl (C=O) groups is 2. The third kappa shape index (κ3) is 4.81. The molecule has 0 saturated heterocycles. The van der Waals surface area contributed by atoms with Crippen molar-refractivity contribution in [3.05, 3.63) is 63.1 Å². The molecule has 0 radical (unpaired) electrons. The molecule has 1 atom stereocenters. The summed E-state index contributed by atoms with van der Waals surface area (Å²) < 4.78 is 6.02. The van der Waals surface area contributed by atoms with Crippen LogP contribution >= 0.6 is 27.5 Å². The van der Waals surface area contributed by atoms with Crippen LogP contribution in [0.25, 0.3) is 0 Å². The normalized spacial score (nSPS) is 11.7. The van der Waals surface area contributed by atoms with E-state index in [1.807, 2.05) is 6.92 Å². The predicted molar refractivity (Wildman–Crippen MR) is 93.8 cm³/mol. The van der Waals surface area contributed by atoms with Gasteiger partial charge in [0.05, 0.1) is 5.56 Å². The number of hydrogen-bond acceptors (Lipinski definition) is 3. The molecule has 0 saturated carbocycles. The Balaban J connectivity index is 1.97. The van der Waals surface area contributed by atoms with Crippen LogP contribution in [0.2, 0.25) is 5.02 Å². The summed E-state index contributed by atoms with van der Waals surface area (Å²) in [5.41, 5.74) is 1.85. The Bertz CT molecular complexity index is 731. The molecule has 4 nitrogen and oxygen atoms in total. The van der Waals surface area contributed by atoms with Gasteiger partial charge in [-0.3, -0.25) is 4.79 Å². The van der Waals surface area contributed by atoms with Crippen LogP contribution in [0, 0.1) is 6.92 Å². The summed E-state index contributed by atoms with van der Waals surface area (Å²) in [5, 5.41) is 3.23. The molecule has 2 rings (SSSR count). The van der Waals surface area contributed by atoms with Crippen LogP contribution in [0.15, 0.2) is 46.9 Å². The van der Waals surface area contributed by atoms with Crippen LogP contribution in [0.5, 0.6) is 0 Å². The molecule has 2 aromatic rings. The maximum absolute atomic E-state index is 12.1. The highest BCUT2D eigenvalue weighted by Crippen LogP contribution is 2.20. The number of rotatable bonds is 4. The molecule has 120 valence electrons. The lowest BCUT2D eigenvalue weighted by atomic mass is 10.2. The summed E-state index contributed by atoms with van der Waals surface area (Å²) in [6, 6.07) is 11.9. The number of hydrogen-bond donors (Lipinski definition) is 1. The highest BCUT2D eigenvalue weighted by molar-refractivity contribution is 9.10. The molecule has 1 amide bonds. The fourth-order valence-electron chi connectivity index (χ4n) is 1.78. The average Bonchev–Trinajstić information content (AvgIpc) is 2.51. The molecular weight excluding hydrogens is 382 g/mol. The highest BCUT2D eigenvalue weighted by Gasteiger charge is 2.19. The maximum atomic E-state index is 12.1. The highest BCUT2D eigenvalue weighted by atomic mass is 79.9. The molecule has 0 bridgehead atoms. The Morgan fingerprint density at radius 1 is 1.17 bits per heavy atom. The fraction of sp³-hybridized carbons (Fsp3) is 0.176. The number of anilines is 1. The van der Waals surface area contributed by atoms with Gasteiger partial charge in [-0.1, -0.05) is 33.6 Å². The van der Waals surface area contributed by atoms with Crippen molar-refractivity contribution in [1.82, 2.24) is 0 Å². The van der Waals surface area contributed by atoms with Gasteiger partial charge in [0.1, 0.15) is 0 Å². The summed E-state index contributed by atoms with van der Waals surface area (Å²) in [6.07, 6.45) is -0.925. The Morgan fingerprint density at radius 3 is 2.43 bits per heavy atom. The van der Waals surface area contributed by atoms with Gasteiger partial charge >= 0.3 is 5.97 Å². The number of halogens is 2. The Morgan fingerprint density at radius 2 is 1.83 bits per heavy atom. The van der Waals surface area contributed by atoms with Crippen molar-refractivity contribution in [3.8, 4) is 0 Å². The number of aryl methyl sites for hydroxylation is 1. The van der Waals surface area contributed by atoms with Crippen LogP contribution in [0.1, 0.15) is 22.8 Å². The third-order valence-electron chi connectivity index (χ3n) is 3.17. The molecule has 0 aliphatic rings. The van der Waals surface area contributed by atoms with Gasteiger partial charge in [-0.15, -0.1) is 0 Å². The average molecular weight is 397 g/mol. The SMILES string of the molecule is Cc1ccc(NC(=O)C(C)OC(=O)c2ccc(Br)cc2)cc1Cl. The molecular formula is C17H15BrClNO3. The maximum Gasteiger partial charge on any atom is 0.338 e. The smallest absolute Gasteiger partial charge is 0.338 e.